The van der Waals surface area contributed by atoms with Crippen LogP contribution in [-0.2, 0) is 10.9 Å². The lowest BCUT2D eigenvalue weighted by Gasteiger charge is -2.36. The summed E-state index contributed by atoms with van der Waals surface area (Å²) in [5.41, 5.74) is -1.01. The van der Waals surface area contributed by atoms with Crippen molar-refractivity contribution >= 4 is 28.6 Å². The summed E-state index contributed by atoms with van der Waals surface area (Å²) < 4.78 is 74.9. The van der Waals surface area contributed by atoms with E-state index in [1.165, 1.54) is 18.3 Å². The number of carbonyl (C=O) groups excluding carboxylic acids is 1. The van der Waals surface area contributed by atoms with Gasteiger partial charge in [-0.15, -0.1) is 0 Å². The zero-order valence-electron chi connectivity index (χ0n) is 20.9. The molecular weight excluding hydrogens is 511 g/mol. The number of alkyl halides is 5. The molecule has 0 spiro atoms. The number of rotatable bonds is 5. The number of piperidine rings is 1. The maximum absolute atomic E-state index is 14.1. The van der Waals surface area contributed by atoms with Crippen molar-refractivity contribution in [3.63, 3.8) is 0 Å². The molecule has 0 radical (unpaired) electrons. The van der Waals surface area contributed by atoms with Crippen LogP contribution in [0.15, 0.2) is 24.5 Å². The number of nitrogens with one attached hydrogen (secondary N) is 4. The Morgan fingerprint density at radius 3 is 2.58 bits per heavy atom. The third kappa shape index (κ3) is 4.98. The Labute approximate surface area is 214 Å². The Bertz CT molecular complexity index is 1380. The van der Waals surface area contributed by atoms with Crippen LogP contribution in [0.4, 0.5) is 38.4 Å². The van der Waals surface area contributed by atoms with Crippen LogP contribution in [0.5, 0.6) is 0 Å². The molecule has 1 aliphatic heterocycles. The highest BCUT2D eigenvalue weighted by Gasteiger charge is 2.59. The normalized spacial score (nSPS) is 22.2. The number of H-pyrrole nitrogens is 1. The van der Waals surface area contributed by atoms with Crippen LogP contribution >= 0.6 is 0 Å². The molecule has 2 aromatic heterocycles. The van der Waals surface area contributed by atoms with Gasteiger partial charge in [0.1, 0.15) is 5.56 Å². The van der Waals surface area contributed by atoms with E-state index in [1.54, 1.807) is 0 Å². The van der Waals surface area contributed by atoms with E-state index in [4.69, 9.17) is 0 Å². The molecule has 38 heavy (non-hydrogen) atoms. The number of amides is 1. The Balaban J connectivity index is 1.58. The SMILES string of the molecule is COC(=O)Nc1ccc2c(-c3nc(NC4CCC(C)(C)NC4)ncc3C(F)(F)F)c[nH]c2c1C1CC1(F)F. The Morgan fingerprint density at radius 2 is 1.97 bits per heavy atom. The molecule has 2 fully saturated rings. The van der Waals surface area contributed by atoms with Gasteiger partial charge in [0.05, 0.1) is 24.2 Å². The number of halogens is 5. The van der Waals surface area contributed by atoms with E-state index in [9.17, 15) is 26.7 Å². The first kappa shape index (κ1) is 26.1. The molecule has 5 rings (SSSR count). The van der Waals surface area contributed by atoms with Crippen molar-refractivity contribution in [3.05, 3.63) is 35.7 Å². The molecule has 13 heteroatoms. The molecule has 8 nitrogen and oxygen atoms in total. The van der Waals surface area contributed by atoms with E-state index in [0.717, 1.165) is 26.1 Å². The van der Waals surface area contributed by atoms with Gasteiger partial charge in [0.15, 0.2) is 0 Å². The van der Waals surface area contributed by atoms with Gasteiger partial charge in [0.25, 0.3) is 5.92 Å². The highest BCUT2D eigenvalue weighted by Crippen LogP contribution is 2.59. The van der Waals surface area contributed by atoms with Gasteiger partial charge in [-0.3, -0.25) is 5.32 Å². The van der Waals surface area contributed by atoms with Crippen LogP contribution in [-0.4, -0.2) is 52.2 Å². The van der Waals surface area contributed by atoms with E-state index < -0.39 is 36.1 Å². The molecule has 2 unspecified atom stereocenters. The summed E-state index contributed by atoms with van der Waals surface area (Å²) in [5, 5.41) is 9.17. The number of hydrogen-bond acceptors (Lipinski definition) is 6. The quantitative estimate of drug-likeness (QED) is 0.302. The van der Waals surface area contributed by atoms with Crippen molar-refractivity contribution in [2.75, 3.05) is 24.3 Å². The molecule has 1 amide bonds. The second kappa shape index (κ2) is 9.07. The van der Waals surface area contributed by atoms with Crippen LogP contribution < -0.4 is 16.0 Å². The molecule has 204 valence electrons. The van der Waals surface area contributed by atoms with E-state index >= 15 is 0 Å². The number of hydrogen-bond donors (Lipinski definition) is 4. The predicted molar refractivity (Wildman–Crippen MR) is 131 cm³/mol. The molecule has 1 saturated heterocycles. The molecule has 3 heterocycles. The van der Waals surface area contributed by atoms with Crippen LogP contribution in [0.25, 0.3) is 22.2 Å². The molecule has 1 saturated carbocycles. The lowest BCUT2D eigenvalue weighted by atomic mass is 9.91. The fraction of sp³-hybridized carbons (Fsp3) is 0.480. The van der Waals surface area contributed by atoms with E-state index in [0.29, 0.717) is 6.54 Å². The van der Waals surface area contributed by atoms with Crippen molar-refractivity contribution in [1.29, 1.82) is 0 Å². The monoisotopic (exact) mass is 538 g/mol. The summed E-state index contributed by atoms with van der Waals surface area (Å²) in [6, 6.07) is 2.76. The van der Waals surface area contributed by atoms with Gasteiger partial charge in [0, 0.05) is 59.1 Å². The van der Waals surface area contributed by atoms with Gasteiger partial charge in [-0.1, -0.05) is 6.07 Å². The van der Waals surface area contributed by atoms with E-state index in [1.807, 2.05) is 0 Å². The summed E-state index contributed by atoms with van der Waals surface area (Å²) in [4.78, 5) is 22.8. The molecule has 2 atom stereocenters. The maximum atomic E-state index is 14.1. The molecule has 2 aliphatic rings. The third-order valence-electron chi connectivity index (χ3n) is 7.12. The van der Waals surface area contributed by atoms with E-state index in [-0.39, 0.29) is 50.9 Å². The molecule has 4 N–H and O–H groups in total. The zero-order valence-corrected chi connectivity index (χ0v) is 20.9. The predicted octanol–water partition coefficient (Wildman–Crippen LogP) is 5.89. The van der Waals surface area contributed by atoms with Crippen molar-refractivity contribution < 1.29 is 31.5 Å². The Kier molecular flexibility index (Phi) is 6.24. The third-order valence-corrected chi connectivity index (χ3v) is 7.12. The minimum absolute atomic E-state index is 0.0341. The van der Waals surface area contributed by atoms with Crippen LogP contribution in [0.3, 0.4) is 0 Å². The molecule has 1 aliphatic carbocycles. The van der Waals surface area contributed by atoms with Gasteiger partial charge in [-0.05, 0) is 32.8 Å². The Hall–Kier alpha value is -3.48. The summed E-state index contributed by atoms with van der Waals surface area (Å²) in [7, 11) is 1.13. The number of fused-ring (bicyclic) bond motifs is 1. The van der Waals surface area contributed by atoms with Gasteiger partial charge in [0.2, 0.25) is 5.95 Å². The fourth-order valence-electron chi connectivity index (χ4n) is 4.87. The number of methoxy groups -OCH3 is 1. The Morgan fingerprint density at radius 1 is 1.24 bits per heavy atom. The number of aromatic amines is 1. The number of nitrogens with zero attached hydrogens (tertiary/aromatic N) is 2. The minimum Gasteiger partial charge on any atom is -0.453 e. The average molecular weight is 539 g/mol. The topological polar surface area (TPSA) is 104 Å². The minimum atomic E-state index is -4.76. The van der Waals surface area contributed by atoms with Crippen molar-refractivity contribution in [1.82, 2.24) is 20.3 Å². The summed E-state index contributed by atoms with van der Waals surface area (Å²) >= 11 is 0. The molecule has 0 bridgehead atoms. The molecule has 3 aromatic rings. The number of aromatic nitrogens is 3. The fourth-order valence-corrected chi connectivity index (χ4v) is 4.87. The number of benzene rings is 1. The van der Waals surface area contributed by atoms with Crippen molar-refractivity contribution in [3.8, 4) is 11.3 Å². The highest BCUT2D eigenvalue weighted by atomic mass is 19.4. The zero-order chi connectivity index (χ0) is 27.5. The van der Waals surface area contributed by atoms with Crippen molar-refractivity contribution in [2.45, 2.75) is 62.7 Å². The molecule has 1 aromatic carbocycles. The van der Waals surface area contributed by atoms with Crippen molar-refractivity contribution in [2.24, 2.45) is 0 Å². The second-order valence-corrected chi connectivity index (χ2v) is 10.4. The average Bonchev–Trinajstić information content (AvgIpc) is 3.26. The first-order valence-corrected chi connectivity index (χ1v) is 12.1. The lowest BCUT2D eigenvalue weighted by Crippen LogP contribution is -2.50. The summed E-state index contributed by atoms with van der Waals surface area (Å²) in [6.07, 6.45) is -2.38. The highest BCUT2D eigenvalue weighted by molar-refractivity contribution is 6.01. The van der Waals surface area contributed by atoms with Gasteiger partial charge < -0.3 is 20.4 Å². The summed E-state index contributed by atoms with van der Waals surface area (Å²) in [6.45, 7) is 4.74. The smallest absolute Gasteiger partial charge is 0.419 e. The maximum Gasteiger partial charge on any atom is 0.419 e. The van der Waals surface area contributed by atoms with Gasteiger partial charge in [-0.2, -0.15) is 13.2 Å². The lowest BCUT2D eigenvalue weighted by molar-refractivity contribution is -0.137. The number of carbonyl (C=O) groups is 1. The second-order valence-electron chi connectivity index (χ2n) is 10.4. The van der Waals surface area contributed by atoms with E-state index in [2.05, 4.69) is 49.5 Å². The van der Waals surface area contributed by atoms with Crippen LogP contribution in [0, 0.1) is 0 Å². The number of anilines is 2. The molecular formula is C25H27F5N6O2. The standard InChI is InChI=1S/C25H27F5N6O2/c1-23(2)7-6-12(9-33-23)34-21-32-11-16(25(28,29)30)19(36-21)14-10-31-20-13(14)4-5-17(35-22(37)38-3)18(20)15-8-24(15,26)27/h4-5,10-12,15,31,33H,6-9H2,1-3H3,(H,35,37)(H,32,34,36). The summed E-state index contributed by atoms with van der Waals surface area (Å²) in [5.74, 6) is -4.18. The van der Waals surface area contributed by atoms with Crippen LogP contribution in [0.2, 0.25) is 0 Å². The first-order chi connectivity index (χ1) is 17.8. The largest absolute Gasteiger partial charge is 0.453 e. The van der Waals surface area contributed by atoms with Crippen LogP contribution in [0.1, 0.15) is 50.2 Å². The van der Waals surface area contributed by atoms with Gasteiger partial charge in [-0.25, -0.2) is 23.5 Å². The number of ether oxygens (including phenoxy) is 1. The first-order valence-electron chi connectivity index (χ1n) is 12.1. The van der Waals surface area contributed by atoms with Gasteiger partial charge >= 0.3 is 12.3 Å².